The first-order chi connectivity index (χ1) is 10.9. The van der Waals surface area contributed by atoms with Crippen LogP contribution in [0.2, 0.25) is 0 Å². The molecule has 0 saturated heterocycles. The standard InChI is InChI=1S/C18H23N3O/c1-3-16(9-19-7-1)14-22-18-12-20(10-15-5-6-15)11-17-4-2-8-21(17)13-18/h1-4,7-9,15,18H,5-6,10-14H2/t18-/m0/s1. The maximum atomic E-state index is 6.20. The van der Waals surface area contributed by atoms with Gasteiger partial charge < -0.3 is 9.30 Å². The van der Waals surface area contributed by atoms with Crippen LogP contribution in [0.4, 0.5) is 0 Å². The third kappa shape index (κ3) is 3.39. The van der Waals surface area contributed by atoms with Crippen molar-refractivity contribution in [1.82, 2.24) is 14.5 Å². The molecule has 2 aliphatic rings. The van der Waals surface area contributed by atoms with E-state index < -0.39 is 0 Å². The lowest BCUT2D eigenvalue weighted by atomic mass is 10.2. The largest absolute Gasteiger partial charge is 0.370 e. The molecule has 4 nitrogen and oxygen atoms in total. The summed E-state index contributed by atoms with van der Waals surface area (Å²) in [5, 5.41) is 0. The molecule has 116 valence electrons. The van der Waals surface area contributed by atoms with E-state index in [9.17, 15) is 0 Å². The maximum Gasteiger partial charge on any atom is 0.0885 e. The molecule has 4 rings (SSSR count). The zero-order chi connectivity index (χ0) is 14.8. The van der Waals surface area contributed by atoms with Crippen LogP contribution in [0.15, 0.2) is 42.9 Å². The maximum absolute atomic E-state index is 6.20. The summed E-state index contributed by atoms with van der Waals surface area (Å²) in [5.41, 5.74) is 2.56. The Bertz CT molecular complexity index is 606. The number of fused-ring (bicyclic) bond motifs is 1. The van der Waals surface area contributed by atoms with Gasteiger partial charge in [-0.1, -0.05) is 6.07 Å². The van der Waals surface area contributed by atoms with E-state index in [-0.39, 0.29) is 6.10 Å². The van der Waals surface area contributed by atoms with Crippen LogP contribution >= 0.6 is 0 Å². The fraction of sp³-hybridized carbons (Fsp3) is 0.500. The van der Waals surface area contributed by atoms with Gasteiger partial charge in [-0.2, -0.15) is 0 Å². The lowest BCUT2D eigenvalue weighted by Gasteiger charge is -2.24. The van der Waals surface area contributed by atoms with E-state index in [4.69, 9.17) is 4.74 Å². The third-order valence-electron chi connectivity index (χ3n) is 4.59. The second kappa shape index (κ2) is 6.23. The van der Waals surface area contributed by atoms with E-state index in [2.05, 4.69) is 38.8 Å². The normalized spacial score (nSPS) is 22.3. The molecule has 1 aliphatic heterocycles. The van der Waals surface area contributed by atoms with Crippen molar-refractivity contribution in [2.75, 3.05) is 13.1 Å². The van der Waals surface area contributed by atoms with Gasteiger partial charge in [0.15, 0.2) is 0 Å². The minimum atomic E-state index is 0.243. The van der Waals surface area contributed by atoms with E-state index in [0.29, 0.717) is 6.61 Å². The van der Waals surface area contributed by atoms with Gasteiger partial charge in [-0.25, -0.2) is 0 Å². The number of ether oxygens (including phenoxy) is 1. The molecule has 0 spiro atoms. The van der Waals surface area contributed by atoms with E-state index >= 15 is 0 Å². The number of rotatable bonds is 5. The smallest absolute Gasteiger partial charge is 0.0885 e. The molecule has 0 radical (unpaired) electrons. The number of nitrogens with zero attached hydrogens (tertiary/aromatic N) is 3. The average molecular weight is 297 g/mol. The first kappa shape index (κ1) is 14.0. The van der Waals surface area contributed by atoms with Crippen molar-refractivity contribution in [1.29, 1.82) is 0 Å². The van der Waals surface area contributed by atoms with Gasteiger partial charge in [-0.3, -0.25) is 9.88 Å². The Morgan fingerprint density at radius 3 is 2.95 bits per heavy atom. The quantitative estimate of drug-likeness (QED) is 0.850. The van der Waals surface area contributed by atoms with Crippen molar-refractivity contribution >= 4 is 0 Å². The summed E-state index contributed by atoms with van der Waals surface area (Å²) in [7, 11) is 0. The zero-order valence-corrected chi connectivity index (χ0v) is 12.9. The molecule has 0 unspecified atom stereocenters. The van der Waals surface area contributed by atoms with Crippen LogP contribution in [0.1, 0.15) is 24.1 Å². The molecule has 1 aliphatic carbocycles. The summed E-state index contributed by atoms with van der Waals surface area (Å²) in [6, 6.07) is 8.43. The lowest BCUT2D eigenvalue weighted by molar-refractivity contribution is 0.00931. The van der Waals surface area contributed by atoms with E-state index in [0.717, 1.165) is 31.1 Å². The van der Waals surface area contributed by atoms with Crippen molar-refractivity contribution in [2.45, 2.75) is 38.6 Å². The summed E-state index contributed by atoms with van der Waals surface area (Å²) in [6.45, 7) is 4.89. The van der Waals surface area contributed by atoms with Gasteiger partial charge in [0, 0.05) is 50.5 Å². The fourth-order valence-electron chi connectivity index (χ4n) is 3.24. The molecule has 4 heteroatoms. The zero-order valence-electron chi connectivity index (χ0n) is 12.9. The summed E-state index contributed by atoms with van der Waals surface area (Å²) in [4.78, 5) is 6.74. The van der Waals surface area contributed by atoms with Crippen LogP contribution in [0.25, 0.3) is 0 Å². The fourth-order valence-corrected chi connectivity index (χ4v) is 3.24. The second-order valence-electron chi connectivity index (χ2n) is 6.58. The minimum Gasteiger partial charge on any atom is -0.370 e. The number of aromatic nitrogens is 2. The Morgan fingerprint density at radius 1 is 1.18 bits per heavy atom. The highest BCUT2D eigenvalue weighted by atomic mass is 16.5. The van der Waals surface area contributed by atoms with Crippen LogP contribution in [0.3, 0.4) is 0 Å². The summed E-state index contributed by atoms with van der Waals surface area (Å²) in [6.07, 6.45) is 8.92. The highest BCUT2D eigenvalue weighted by molar-refractivity contribution is 5.09. The van der Waals surface area contributed by atoms with Crippen LogP contribution in [0, 0.1) is 5.92 Å². The molecule has 0 aromatic carbocycles. The molecule has 0 amide bonds. The summed E-state index contributed by atoms with van der Waals surface area (Å²) < 4.78 is 8.55. The van der Waals surface area contributed by atoms with E-state index in [1.807, 2.05) is 12.3 Å². The predicted octanol–water partition coefficient (Wildman–Crippen LogP) is 2.69. The molecule has 0 bridgehead atoms. The van der Waals surface area contributed by atoms with Gasteiger partial charge in [0.2, 0.25) is 0 Å². The molecule has 1 fully saturated rings. The first-order valence-corrected chi connectivity index (χ1v) is 8.24. The number of hydrogen-bond acceptors (Lipinski definition) is 3. The molecule has 0 N–H and O–H groups in total. The first-order valence-electron chi connectivity index (χ1n) is 8.24. The second-order valence-corrected chi connectivity index (χ2v) is 6.58. The van der Waals surface area contributed by atoms with Gasteiger partial charge in [0.25, 0.3) is 0 Å². The topological polar surface area (TPSA) is 30.3 Å². The average Bonchev–Trinajstić information content (AvgIpc) is 3.28. The van der Waals surface area contributed by atoms with E-state index in [1.165, 1.54) is 25.1 Å². The van der Waals surface area contributed by atoms with Gasteiger partial charge in [-0.15, -0.1) is 0 Å². The van der Waals surface area contributed by atoms with Gasteiger partial charge in [-0.05, 0) is 42.5 Å². The Labute approximate surface area is 131 Å². The van der Waals surface area contributed by atoms with Crippen molar-refractivity contribution in [3.63, 3.8) is 0 Å². The van der Waals surface area contributed by atoms with Crippen LogP contribution in [-0.4, -0.2) is 33.6 Å². The molecule has 2 aromatic heterocycles. The van der Waals surface area contributed by atoms with Crippen molar-refractivity contribution in [3.05, 3.63) is 54.1 Å². The number of hydrogen-bond donors (Lipinski definition) is 0. The van der Waals surface area contributed by atoms with Crippen molar-refractivity contribution < 1.29 is 4.74 Å². The molecule has 1 atom stereocenters. The SMILES string of the molecule is c1cncc(CO[C@H]2CN(CC3CC3)Cc3cccn3C2)c1. The Kier molecular flexibility index (Phi) is 3.95. The van der Waals surface area contributed by atoms with Gasteiger partial charge in [0.1, 0.15) is 0 Å². The van der Waals surface area contributed by atoms with Gasteiger partial charge >= 0.3 is 0 Å². The molecular formula is C18H23N3O. The highest BCUT2D eigenvalue weighted by Crippen LogP contribution is 2.31. The van der Waals surface area contributed by atoms with Crippen LogP contribution in [0.5, 0.6) is 0 Å². The number of pyridine rings is 1. The molecule has 22 heavy (non-hydrogen) atoms. The molecular weight excluding hydrogens is 274 g/mol. The Morgan fingerprint density at radius 2 is 2.14 bits per heavy atom. The van der Waals surface area contributed by atoms with Crippen LogP contribution in [-0.2, 0) is 24.4 Å². The van der Waals surface area contributed by atoms with Crippen LogP contribution < -0.4 is 0 Å². The van der Waals surface area contributed by atoms with Crippen molar-refractivity contribution in [2.24, 2.45) is 5.92 Å². The third-order valence-corrected chi connectivity index (χ3v) is 4.59. The Hall–Kier alpha value is -1.65. The molecule has 3 heterocycles. The predicted molar refractivity (Wildman–Crippen MR) is 85.2 cm³/mol. The monoisotopic (exact) mass is 297 g/mol. The minimum absolute atomic E-state index is 0.243. The van der Waals surface area contributed by atoms with E-state index in [1.54, 1.807) is 6.20 Å². The summed E-state index contributed by atoms with van der Waals surface area (Å²) >= 11 is 0. The van der Waals surface area contributed by atoms with Crippen molar-refractivity contribution in [3.8, 4) is 0 Å². The summed E-state index contributed by atoms with van der Waals surface area (Å²) in [5.74, 6) is 0.917. The lowest BCUT2D eigenvalue weighted by Crippen LogP contribution is -2.34. The molecule has 1 saturated carbocycles. The highest BCUT2D eigenvalue weighted by Gasteiger charge is 2.28. The Balaban J connectivity index is 1.43. The van der Waals surface area contributed by atoms with Gasteiger partial charge in [0.05, 0.1) is 12.7 Å². The molecule has 2 aromatic rings.